The second-order valence-electron chi connectivity index (χ2n) is 10.3. The average molecular weight is 531 g/mol. The number of primary amides is 1. The molecule has 1 spiro atoms. The molecule has 0 bridgehead atoms. The van der Waals surface area contributed by atoms with Crippen molar-refractivity contribution in [1.82, 2.24) is 24.9 Å². The van der Waals surface area contributed by atoms with Crippen LogP contribution in [0.5, 0.6) is 5.88 Å². The summed E-state index contributed by atoms with van der Waals surface area (Å²) in [5, 5.41) is 12.6. The molecule has 38 heavy (non-hydrogen) atoms. The highest BCUT2D eigenvalue weighted by Gasteiger charge is 2.54. The van der Waals surface area contributed by atoms with Crippen molar-refractivity contribution in [3.63, 3.8) is 0 Å². The maximum absolute atomic E-state index is 12.9. The van der Waals surface area contributed by atoms with Gasteiger partial charge in [-0.05, 0) is 74.4 Å². The number of hydrogen-bond acceptors (Lipinski definition) is 5. The zero-order valence-electron chi connectivity index (χ0n) is 20.8. The van der Waals surface area contributed by atoms with Crippen LogP contribution in [0.2, 0.25) is 5.02 Å². The molecule has 194 valence electrons. The molecule has 2 saturated carbocycles. The number of para-hydroxylation sites is 1. The third-order valence-electron chi connectivity index (χ3n) is 7.59. The van der Waals surface area contributed by atoms with Gasteiger partial charge in [-0.1, -0.05) is 29.8 Å². The maximum atomic E-state index is 12.9. The van der Waals surface area contributed by atoms with Crippen LogP contribution in [-0.4, -0.2) is 43.5 Å². The van der Waals surface area contributed by atoms with Crippen molar-refractivity contribution in [1.29, 1.82) is 0 Å². The normalized spacial score (nSPS) is 21.9. The molecular weight excluding hydrogens is 504 g/mol. The first-order valence-electron chi connectivity index (χ1n) is 12.5. The van der Waals surface area contributed by atoms with Gasteiger partial charge in [0.2, 0.25) is 5.88 Å². The third-order valence-corrected chi connectivity index (χ3v) is 7.84. The number of hydrogen-bond donors (Lipinski definition) is 2. The van der Waals surface area contributed by atoms with E-state index in [9.17, 15) is 9.59 Å². The summed E-state index contributed by atoms with van der Waals surface area (Å²) in [6.07, 6.45) is 6.66. The largest absolute Gasteiger partial charge is 0.473 e. The van der Waals surface area contributed by atoms with Gasteiger partial charge in [0.15, 0.2) is 0 Å². The standard InChI is InChI=1S/C28H27ClN6O3/c1-17-23(15-31-35(17)21-9-7-18(29)8-10-21)26(37)32-19-11-28(12-19)13-22(14-28)38-27-24(25(30)36)16-34(33-27)20-5-3-2-4-6-20/h2-10,15-16,19,22H,11-14H2,1H3,(H2,30,36)(H,32,37). The summed E-state index contributed by atoms with van der Waals surface area (Å²) in [6.45, 7) is 1.88. The average Bonchev–Trinajstić information content (AvgIpc) is 3.46. The first-order chi connectivity index (χ1) is 18.3. The molecule has 3 N–H and O–H groups in total. The first kappa shape index (κ1) is 24.2. The van der Waals surface area contributed by atoms with Crippen molar-refractivity contribution in [3.8, 4) is 17.3 Å². The molecule has 2 heterocycles. The molecule has 2 aromatic carbocycles. The Morgan fingerprint density at radius 3 is 2.42 bits per heavy atom. The molecule has 2 aromatic heterocycles. The molecule has 0 radical (unpaired) electrons. The summed E-state index contributed by atoms with van der Waals surface area (Å²) in [7, 11) is 0. The van der Waals surface area contributed by atoms with E-state index in [0.29, 0.717) is 10.6 Å². The van der Waals surface area contributed by atoms with Crippen molar-refractivity contribution in [2.45, 2.75) is 44.8 Å². The molecule has 0 saturated heterocycles. The summed E-state index contributed by atoms with van der Waals surface area (Å²) in [5.74, 6) is -0.428. The van der Waals surface area contributed by atoms with Gasteiger partial charge in [0.1, 0.15) is 11.7 Å². The Morgan fingerprint density at radius 1 is 1.03 bits per heavy atom. The minimum absolute atomic E-state index is 0.0382. The zero-order chi connectivity index (χ0) is 26.4. The highest BCUT2D eigenvalue weighted by Crippen LogP contribution is 2.56. The van der Waals surface area contributed by atoms with Crippen molar-refractivity contribution in [2.24, 2.45) is 11.1 Å². The Bertz CT molecular complexity index is 1500. The number of benzene rings is 2. The number of aromatic nitrogens is 4. The van der Waals surface area contributed by atoms with Crippen LogP contribution in [-0.2, 0) is 0 Å². The van der Waals surface area contributed by atoms with E-state index in [0.717, 1.165) is 42.8 Å². The molecule has 2 aliphatic rings. The number of nitrogens with zero attached hydrogens (tertiary/aromatic N) is 4. The van der Waals surface area contributed by atoms with Gasteiger partial charge in [-0.15, -0.1) is 5.10 Å². The topological polar surface area (TPSA) is 117 Å². The molecule has 0 aliphatic heterocycles. The predicted molar refractivity (Wildman–Crippen MR) is 142 cm³/mol. The van der Waals surface area contributed by atoms with E-state index in [1.807, 2.05) is 49.4 Å². The summed E-state index contributed by atoms with van der Waals surface area (Å²) in [4.78, 5) is 24.9. The monoisotopic (exact) mass is 530 g/mol. The molecule has 2 fully saturated rings. The van der Waals surface area contributed by atoms with Gasteiger partial charge in [-0.3, -0.25) is 9.59 Å². The van der Waals surface area contributed by atoms with Crippen LogP contribution in [0.25, 0.3) is 11.4 Å². The van der Waals surface area contributed by atoms with Gasteiger partial charge in [-0.25, -0.2) is 9.36 Å². The van der Waals surface area contributed by atoms with Gasteiger partial charge in [-0.2, -0.15) is 5.10 Å². The van der Waals surface area contributed by atoms with Crippen molar-refractivity contribution in [2.75, 3.05) is 0 Å². The number of ether oxygens (including phenoxy) is 1. The molecule has 6 rings (SSSR count). The van der Waals surface area contributed by atoms with E-state index in [1.54, 1.807) is 33.9 Å². The van der Waals surface area contributed by atoms with Crippen LogP contribution in [0.4, 0.5) is 0 Å². The van der Waals surface area contributed by atoms with Crippen LogP contribution in [0.3, 0.4) is 0 Å². The van der Waals surface area contributed by atoms with Crippen LogP contribution in [0.1, 0.15) is 52.1 Å². The third kappa shape index (κ3) is 4.43. The number of carbonyl (C=O) groups excluding carboxylic acids is 2. The number of nitrogens with one attached hydrogen (secondary N) is 1. The summed E-state index contributed by atoms with van der Waals surface area (Å²) in [5.41, 5.74) is 8.99. The Hall–Kier alpha value is -4.11. The minimum Gasteiger partial charge on any atom is -0.473 e. The van der Waals surface area contributed by atoms with Crippen LogP contribution >= 0.6 is 11.6 Å². The highest BCUT2D eigenvalue weighted by molar-refractivity contribution is 6.30. The summed E-state index contributed by atoms with van der Waals surface area (Å²) in [6, 6.07) is 16.9. The molecule has 9 nitrogen and oxygen atoms in total. The van der Waals surface area contributed by atoms with E-state index in [2.05, 4.69) is 15.5 Å². The van der Waals surface area contributed by atoms with E-state index in [-0.39, 0.29) is 34.9 Å². The Morgan fingerprint density at radius 2 is 1.74 bits per heavy atom. The fraction of sp³-hybridized carbons (Fsp3) is 0.286. The Kier molecular flexibility index (Phi) is 5.95. The minimum atomic E-state index is -0.572. The second kappa shape index (κ2) is 9.33. The zero-order valence-corrected chi connectivity index (χ0v) is 21.6. The van der Waals surface area contributed by atoms with Gasteiger partial charge in [0.25, 0.3) is 11.8 Å². The summed E-state index contributed by atoms with van der Waals surface area (Å²) < 4.78 is 9.43. The SMILES string of the molecule is Cc1c(C(=O)NC2CC3(C2)CC(Oc2nn(-c4ccccc4)cc2C(N)=O)C3)cnn1-c1ccc(Cl)cc1. The molecule has 0 atom stereocenters. The first-order valence-corrected chi connectivity index (χ1v) is 12.9. The Labute approximate surface area is 224 Å². The van der Waals surface area contributed by atoms with Gasteiger partial charge >= 0.3 is 0 Å². The van der Waals surface area contributed by atoms with Crippen LogP contribution < -0.4 is 15.8 Å². The van der Waals surface area contributed by atoms with E-state index in [4.69, 9.17) is 22.1 Å². The predicted octanol–water partition coefficient (Wildman–Crippen LogP) is 4.24. The lowest BCUT2D eigenvalue weighted by Crippen LogP contribution is -2.58. The second-order valence-corrected chi connectivity index (χ2v) is 10.7. The summed E-state index contributed by atoms with van der Waals surface area (Å²) >= 11 is 5.98. The van der Waals surface area contributed by atoms with Gasteiger partial charge in [0.05, 0.1) is 28.8 Å². The lowest BCUT2D eigenvalue weighted by Gasteiger charge is -2.57. The van der Waals surface area contributed by atoms with E-state index < -0.39 is 5.91 Å². The van der Waals surface area contributed by atoms with E-state index in [1.165, 1.54) is 0 Å². The fourth-order valence-corrected chi connectivity index (χ4v) is 5.76. The smallest absolute Gasteiger partial charge is 0.255 e. The molecule has 2 amide bonds. The number of amides is 2. The maximum Gasteiger partial charge on any atom is 0.255 e. The van der Waals surface area contributed by atoms with Crippen LogP contribution in [0.15, 0.2) is 67.0 Å². The fourth-order valence-electron chi connectivity index (χ4n) is 5.63. The van der Waals surface area contributed by atoms with Crippen molar-refractivity contribution >= 4 is 23.4 Å². The molecular formula is C28H27ClN6O3. The molecule has 4 aromatic rings. The van der Waals surface area contributed by atoms with Gasteiger partial charge < -0.3 is 15.8 Å². The highest BCUT2D eigenvalue weighted by atomic mass is 35.5. The number of carbonyl (C=O) groups is 2. The van der Waals surface area contributed by atoms with Crippen molar-refractivity contribution < 1.29 is 14.3 Å². The van der Waals surface area contributed by atoms with Gasteiger partial charge in [0, 0.05) is 17.3 Å². The molecule has 2 aliphatic carbocycles. The molecule has 0 unspecified atom stereocenters. The Balaban J connectivity index is 1.04. The molecule has 10 heteroatoms. The number of halogens is 1. The van der Waals surface area contributed by atoms with Crippen LogP contribution in [0, 0.1) is 12.3 Å². The van der Waals surface area contributed by atoms with E-state index >= 15 is 0 Å². The lowest BCUT2D eigenvalue weighted by molar-refractivity contribution is -0.0848. The number of nitrogens with two attached hydrogens (primary N) is 1. The van der Waals surface area contributed by atoms with Crippen molar-refractivity contribution in [3.05, 3.63) is 88.8 Å². The quantitative estimate of drug-likeness (QED) is 0.370. The lowest BCUT2D eigenvalue weighted by atomic mass is 9.53. The number of rotatable bonds is 7.